The summed E-state index contributed by atoms with van der Waals surface area (Å²) in [7, 11) is 0. The van der Waals surface area contributed by atoms with Crippen LogP contribution in [0.4, 0.5) is 0 Å². The minimum Gasteiger partial charge on any atom is -0.394 e. The largest absolute Gasteiger partial charge is 0.394 e. The third kappa shape index (κ3) is 21.0. The minimum absolute atomic E-state index is 0.136. The fraction of sp³-hybridized carbons (Fsp3) is 0.917. The summed E-state index contributed by atoms with van der Waals surface area (Å²) in [5, 5.41) is 115. The maximum absolute atomic E-state index is 14.3. The van der Waals surface area contributed by atoms with Crippen molar-refractivity contribution in [2.24, 2.45) is 29.6 Å². The molecule has 0 aromatic heterocycles. The maximum atomic E-state index is 14.3. The Hall–Kier alpha value is -3.62. The van der Waals surface area contributed by atoms with Gasteiger partial charge in [-0.05, 0) is 88.9 Å². The first-order valence-electron chi connectivity index (χ1n) is 38.4. The second-order valence-corrected chi connectivity index (χ2v) is 31.0. The number of carbonyl (C=O) groups excluding carboxylic acids is 6. The van der Waals surface area contributed by atoms with E-state index in [4.69, 9.17) is 52.1 Å². The van der Waals surface area contributed by atoms with Crippen molar-refractivity contribution in [1.82, 2.24) is 20.4 Å². The van der Waals surface area contributed by atoms with E-state index in [9.17, 15) is 79.8 Å². The molecule has 0 bridgehead atoms. The number of aliphatic hydroxyl groups excluding tert-OH is 10. The molecule has 6 heterocycles. The lowest BCUT2D eigenvalue weighted by Gasteiger charge is -2.48. The Bertz CT molecular complexity index is 2530. The summed E-state index contributed by atoms with van der Waals surface area (Å²) in [6.45, 7) is 5.65. The normalized spacial score (nSPS) is 39.8. The van der Waals surface area contributed by atoms with Crippen LogP contribution in [0.3, 0.4) is 0 Å². The summed E-state index contributed by atoms with van der Waals surface area (Å²) in [5.74, 6) is -4.55. The zero-order valence-corrected chi connectivity index (χ0v) is 60.3. The number of ketones is 2. The van der Waals surface area contributed by atoms with Crippen LogP contribution in [-0.2, 0) is 80.9 Å². The van der Waals surface area contributed by atoms with Crippen LogP contribution < -0.4 is 10.6 Å². The van der Waals surface area contributed by atoms with Gasteiger partial charge in [-0.15, -0.1) is 0 Å². The fourth-order valence-corrected chi connectivity index (χ4v) is 16.6. The Morgan fingerprint density at radius 3 is 1.39 bits per heavy atom. The highest BCUT2D eigenvalue weighted by Gasteiger charge is 2.55. The molecule has 0 spiro atoms. The molecule has 28 atom stereocenters. The van der Waals surface area contributed by atoms with Crippen LogP contribution in [0.1, 0.15) is 175 Å². The van der Waals surface area contributed by atoms with Crippen LogP contribution in [0.2, 0.25) is 0 Å². The van der Waals surface area contributed by atoms with E-state index in [0.29, 0.717) is 77.5 Å². The van der Waals surface area contributed by atoms with Gasteiger partial charge in [0.15, 0.2) is 36.7 Å². The molecule has 0 aromatic rings. The van der Waals surface area contributed by atoms with E-state index in [1.807, 2.05) is 13.8 Å². The predicted molar refractivity (Wildman–Crippen MR) is 359 cm³/mol. The van der Waals surface area contributed by atoms with Crippen LogP contribution in [0.5, 0.6) is 0 Å². The van der Waals surface area contributed by atoms with Gasteiger partial charge in [-0.3, -0.25) is 28.8 Å². The van der Waals surface area contributed by atoms with Gasteiger partial charge in [-0.2, -0.15) is 0 Å². The van der Waals surface area contributed by atoms with E-state index < -0.39 is 235 Å². The van der Waals surface area contributed by atoms with Crippen molar-refractivity contribution < 1.29 is 132 Å². The lowest BCUT2D eigenvalue weighted by atomic mass is 9.83. The number of hydrogen-bond donors (Lipinski definition) is 12. The number of Topliss-reactive ketones (excluding diaryl/α,β-unsaturated/α-hetero) is 2. The number of likely N-dealkylation sites (tertiary alicyclic amines) is 2. The number of nitrogens with zero attached hydrogens (tertiary/aromatic N) is 2. The number of ether oxygens (including phenoxy) is 11. The van der Waals surface area contributed by atoms with Gasteiger partial charge in [0.1, 0.15) is 98.6 Å². The molecule has 31 nitrogen and oxygen atoms in total. The topological polar surface area (TPSA) is 437 Å². The molecular weight excluding hydrogens is 1350 g/mol. The molecule has 4 amide bonds. The number of rotatable bonds is 32. The molecule has 0 radical (unpaired) electrons. The first-order chi connectivity index (χ1) is 49.4. The van der Waals surface area contributed by atoms with Crippen LogP contribution in [0.25, 0.3) is 0 Å². The summed E-state index contributed by atoms with van der Waals surface area (Å²) >= 11 is 0. The summed E-state index contributed by atoms with van der Waals surface area (Å²) in [6, 6.07) is -1.37. The number of hydrogen-bond acceptors (Lipinski definition) is 27. The molecule has 0 unspecified atom stereocenters. The van der Waals surface area contributed by atoms with Gasteiger partial charge < -0.3 is 124 Å². The third-order valence-corrected chi connectivity index (χ3v) is 23.3. The second kappa shape index (κ2) is 38.6. The fourth-order valence-electron chi connectivity index (χ4n) is 16.6. The van der Waals surface area contributed by atoms with Crippen molar-refractivity contribution >= 4 is 35.2 Å². The molecule has 6 saturated heterocycles. The quantitative estimate of drug-likeness (QED) is 0.0401. The van der Waals surface area contributed by atoms with E-state index in [1.54, 1.807) is 9.80 Å². The first-order valence-corrected chi connectivity index (χ1v) is 38.4. The van der Waals surface area contributed by atoms with Gasteiger partial charge >= 0.3 is 0 Å². The third-order valence-electron chi connectivity index (χ3n) is 23.3. The van der Waals surface area contributed by atoms with E-state index >= 15 is 0 Å². The number of nitrogens with one attached hydrogen (secondary N) is 2. The van der Waals surface area contributed by atoms with Gasteiger partial charge in [0.2, 0.25) is 11.8 Å². The van der Waals surface area contributed by atoms with Gasteiger partial charge in [0.05, 0.1) is 62.5 Å². The zero-order valence-electron chi connectivity index (χ0n) is 60.3. The molecule has 103 heavy (non-hydrogen) atoms. The highest BCUT2D eigenvalue weighted by molar-refractivity contribution is 5.88. The van der Waals surface area contributed by atoms with Gasteiger partial charge in [0, 0.05) is 51.4 Å². The number of amides is 4. The molecular formula is C72H118N4O27. The summed E-state index contributed by atoms with van der Waals surface area (Å²) in [6.07, 6.45) is -16.6. The summed E-state index contributed by atoms with van der Waals surface area (Å²) in [5.41, 5.74) is 0. The Morgan fingerprint density at radius 2 is 0.913 bits per heavy atom. The summed E-state index contributed by atoms with van der Waals surface area (Å²) in [4.78, 5) is 87.5. The van der Waals surface area contributed by atoms with Crippen LogP contribution in [0, 0.1) is 29.6 Å². The standard InChI is InChI=1S/C72H118N4O27/c1-37-15-11-21-46(63(37)102-71-61(89)59(87)55(83)39(3)94-71)98-69-45(65(57(85)50(33-77)100-69)96-48(67(91)75-25-13-26-75)29-41-17-7-5-8-18-41)31-44(80)32-73-53(82)36-93-35-43(79)23-24-52(81)74-54-66(97-49(68(92)76-27-14-28-76)30-42-19-9-6-10-20-42)58(86)51(34-78)101-70(54)99-47-22-12-16-38(2)64(47)103-72-62(90)60(88)56(84)40(4)95-72/h37-42,45-51,54-66,69-72,77-78,83-90H,5-36H2,1-4H3,(H,73,82)(H,74,81)/t37-,38-,39-,40-,45+,46+,47+,48-,49-,50+,51+,54+,55+,56+,57-,58-,59+,60+,61-,62-,63+,64+,65+,66+,69+,70+,71-,72-/m0/s1. The maximum Gasteiger partial charge on any atom is 0.251 e. The molecule has 4 saturated carbocycles. The number of carbonyl (C=O) groups is 6. The highest BCUT2D eigenvalue weighted by Crippen LogP contribution is 2.42. The van der Waals surface area contributed by atoms with E-state index in [1.165, 1.54) is 13.8 Å². The molecule has 4 aliphatic carbocycles. The van der Waals surface area contributed by atoms with Gasteiger partial charge in [-0.1, -0.05) is 90.9 Å². The molecule has 588 valence electrons. The lowest BCUT2D eigenvalue weighted by molar-refractivity contribution is -0.342. The molecule has 10 fully saturated rings. The molecule has 12 N–H and O–H groups in total. The molecule has 10 aliphatic rings. The Kier molecular flexibility index (Phi) is 30.7. The molecule has 10 rings (SSSR count). The van der Waals surface area contributed by atoms with Crippen molar-refractivity contribution in [3.63, 3.8) is 0 Å². The van der Waals surface area contributed by atoms with Crippen LogP contribution in [0.15, 0.2) is 0 Å². The van der Waals surface area contributed by atoms with Gasteiger partial charge in [0.25, 0.3) is 11.8 Å². The average molecular weight is 1470 g/mol. The van der Waals surface area contributed by atoms with Crippen LogP contribution in [-0.4, -0.2) is 308 Å². The van der Waals surface area contributed by atoms with E-state index in [2.05, 4.69) is 10.6 Å². The molecule has 31 heteroatoms. The van der Waals surface area contributed by atoms with E-state index in [0.717, 1.165) is 77.0 Å². The Labute approximate surface area is 602 Å². The first kappa shape index (κ1) is 81.9. The average Bonchev–Trinajstić information content (AvgIpc) is 0.704. The zero-order chi connectivity index (χ0) is 73.8. The SMILES string of the molecule is C[C@@H]1O[C@@H](O[C@@H]2[C@@H](C)CCC[C@H]2O[C@@H]2O[C@H](CO)[C@H](O)[C@H](O[C@@H](CC3CCCCC3)C(=O)N3CCC3)[C@H]2CC(=O)CNC(=O)COCC(=O)CCC(=O)N[C@H]2[C@H](O[C@@H]3CCC[C@H](C)[C@H]3O[C@@H]3O[C@@H](C)[C@@H](O)[C@@H](O)[C@@H]3O)O[C@H](CO)[C@H](O)[C@@H]2O[C@@H](CC2CCCCC2)C(=O)N2CCC2)[C@@H](O)[C@H](O)[C@@H]1O. The minimum atomic E-state index is -1.63. The lowest BCUT2D eigenvalue weighted by Crippen LogP contribution is -2.67. The van der Waals surface area contributed by atoms with Crippen molar-refractivity contribution in [2.75, 3.05) is 59.2 Å². The van der Waals surface area contributed by atoms with Crippen molar-refractivity contribution in [3.8, 4) is 0 Å². The van der Waals surface area contributed by atoms with Gasteiger partial charge in [-0.25, -0.2) is 0 Å². The monoisotopic (exact) mass is 1470 g/mol. The predicted octanol–water partition coefficient (Wildman–Crippen LogP) is -0.566. The van der Waals surface area contributed by atoms with Crippen molar-refractivity contribution in [1.29, 1.82) is 0 Å². The molecule has 0 aromatic carbocycles. The van der Waals surface area contributed by atoms with Crippen molar-refractivity contribution in [2.45, 2.75) is 329 Å². The molecule has 6 aliphatic heterocycles. The van der Waals surface area contributed by atoms with Crippen LogP contribution >= 0.6 is 0 Å². The van der Waals surface area contributed by atoms with Crippen molar-refractivity contribution in [3.05, 3.63) is 0 Å². The van der Waals surface area contributed by atoms with E-state index in [-0.39, 0.29) is 35.5 Å². The Balaban J connectivity index is 0.792. The Morgan fingerprint density at radius 1 is 0.447 bits per heavy atom. The second-order valence-electron chi connectivity index (χ2n) is 31.0. The summed E-state index contributed by atoms with van der Waals surface area (Å²) < 4.78 is 69.7. The highest BCUT2D eigenvalue weighted by atomic mass is 16.7. The smallest absolute Gasteiger partial charge is 0.251 e. The number of aliphatic hydroxyl groups is 10.